The summed E-state index contributed by atoms with van der Waals surface area (Å²) in [5.74, 6) is 0.298. The molecule has 6 nitrogen and oxygen atoms in total. The summed E-state index contributed by atoms with van der Waals surface area (Å²) >= 11 is 0. The Labute approximate surface area is 192 Å². The van der Waals surface area contributed by atoms with E-state index >= 15 is 0 Å². The van der Waals surface area contributed by atoms with Gasteiger partial charge in [-0.2, -0.15) is 0 Å². The molecule has 0 aliphatic carbocycles. The van der Waals surface area contributed by atoms with E-state index in [-0.39, 0.29) is 23.0 Å². The first kappa shape index (κ1) is 22.1. The van der Waals surface area contributed by atoms with Gasteiger partial charge >= 0.3 is 0 Å². The summed E-state index contributed by atoms with van der Waals surface area (Å²) in [6, 6.07) is 18.7. The fourth-order valence-corrected chi connectivity index (χ4v) is 3.93. The molecule has 168 valence electrons. The first-order valence-corrected chi connectivity index (χ1v) is 10.7. The predicted octanol–water partition coefficient (Wildman–Crippen LogP) is 4.80. The van der Waals surface area contributed by atoms with E-state index in [1.165, 1.54) is 12.1 Å². The van der Waals surface area contributed by atoms with Gasteiger partial charge in [-0.3, -0.25) is 9.59 Å². The van der Waals surface area contributed by atoms with Gasteiger partial charge in [0, 0.05) is 39.7 Å². The lowest BCUT2D eigenvalue weighted by atomic mass is 9.85. The number of anilines is 1. The first-order valence-electron chi connectivity index (χ1n) is 10.7. The fourth-order valence-electron chi connectivity index (χ4n) is 3.93. The molecular formula is C27H26N2O4. The molecule has 0 saturated heterocycles. The summed E-state index contributed by atoms with van der Waals surface area (Å²) < 4.78 is 5.37. The number of fused-ring (bicyclic) bond motifs is 1. The second-order valence-electron chi connectivity index (χ2n) is 8.71. The number of aromatic hydroxyl groups is 1. The van der Waals surface area contributed by atoms with Gasteiger partial charge in [-0.15, -0.1) is 0 Å². The summed E-state index contributed by atoms with van der Waals surface area (Å²) in [7, 11) is 1.62. The third-order valence-electron chi connectivity index (χ3n) is 5.52. The smallest absolute Gasteiger partial charge is 0.255 e. The Morgan fingerprint density at radius 2 is 1.76 bits per heavy atom. The highest BCUT2D eigenvalue weighted by atomic mass is 16.5. The minimum Gasteiger partial charge on any atom is -0.508 e. The van der Waals surface area contributed by atoms with Crippen molar-refractivity contribution >= 4 is 23.1 Å². The number of ketones is 1. The normalized spacial score (nSPS) is 15.3. The number of phenols is 1. The van der Waals surface area contributed by atoms with Gasteiger partial charge in [0.2, 0.25) is 0 Å². The molecule has 4 rings (SSSR count). The molecule has 3 aromatic rings. The third-order valence-corrected chi connectivity index (χ3v) is 5.52. The molecule has 3 aromatic carbocycles. The third kappa shape index (κ3) is 5.06. The van der Waals surface area contributed by atoms with Gasteiger partial charge in [0.15, 0.2) is 5.78 Å². The van der Waals surface area contributed by atoms with Crippen LogP contribution in [0.15, 0.2) is 72.8 Å². The Bertz CT molecular complexity index is 1240. The maximum Gasteiger partial charge on any atom is 0.255 e. The van der Waals surface area contributed by atoms with Crippen molar-refractivity contribution in [2.24, 2.45) is 0 Å². The van der Waals surface area contributed by atoms with Crippen LogP contribution in [0.3, 0.4) is 0 Å². The molecule has 0 fully saturated rings. The number of benzene rings is 3. The molecule has 1 heterocycles. The lowest BCUT2D eigenvalue weighted by Crippen LogP contribution is -2.43. The average molecular weight is 443 g/mol. The Balaban J connectivity index is 1.61. The topological polar surface area (TPSA) is 87.7 Å². The molecule has 0 aromatic heterocycles. The summed E-state index contributed by atoms with van der Waals surface area (Å²) in [6.45, 7) is 4.18. The standard InChI is InChI=1S/C27H26N2O4/c1-27(2)16-19-7-12-22(33-3)14-23(19)24(29-27)15-25(31)17-5-4-6-18(13-17)26(32)28-20-8-10-21(30)11-9-20/h4-15,29-30H,16H2,1-3H3,(H,28,32)/b24-15-. The number of carbonyl (C=O) groups excluding carboxylic acids is 2. The van der Waals surface area contributed by atoms with Crippen LogP contribution in [0.4, 0.5) is 5.69 Å². The number of methoxy groups -OCH3 is 1. The summed E-state index contributed by atoms with van der Waals surface area (Å²) in [6.07, 6.45) is 2.40. The van der Waals surface area contributed by atoms with Crippen molar-refractivity contribution in [3.05, 3.63) is 95.1 Å². The van der Waals surface area contributed by atoms with Gasteiger partial charge in [-0.1, -0.05) is 18.2 Å². The average Bonchev–Trinajstić information content (AvgIpc) is 2.79. The van der Waals surface area contributed by atoms with Crippen molar-refractivity contribution in [3.63, 3.8) is 0 Å². The quantitative estimate of drug-likeness (QED) is 0.300. The number of rotatable bonds is 5. The summed E-state index contributed by atoms with van der Waals surface area (Å²) in [5.41, 5.74) is 3.92. The minimum atomic E-state index is -0.338. The van der Waals surface area contributed by atoms with Crippen molar-refractivity contribution < 1.29 is 19.4 Å². The van der Waals surface area contributed by atoms with E-state index < -0.39 is 0 Å². The maximum absolute atomic E-state index is 13.2. The number of amides is 1. The number of ether oxygens (including phenoxy) is 1. The minimum absolute atomic E-state index is 0.118. The number of carbonyl (C=O) groups is 2. The highest BCUT2D eigenvalue weighted by Gasteiger charge is 2.28. The molecule has 1 aliphatic heterocycles. The van der Waals surface area contributed by atoms with Crippen molar-refractivity contribution in [2.75, 3.05) is 12.4 Å². The van der Waals surface area contributed by atoms with Crippen molar-refractivity contribution in [1.29, 1.82) is 0 Å². The zero-order chi connectivity index (χ0) is 23.6. The zero-order valence-corrected chi connectivity index (χ0v) is 18.8. The van der Waals surface area contributed by atoms with E-state index in [0.717, 1.165) is 29.0 Å². The van der Waals surface area contributed by atoms with Gasteiger partial charge in [-0.25, -0.2) is 0 Å². The molecular weight excluding hydrogens is 416 g/mol. The van der Waals surface area contributed by atoms with Crippen LogP contribution in [0, 0.1) is 0 Å². The molecule has 0 atom stereocenters. The SMILES string of the molecule is COc1ccc2c(c1)/C(=C/C(=O)c1cccc(C(=O)Nc3ccc(O)cc3)c1)NC(C)(C)C2. The second kappa shape index (κ2) is 8.82. The first-order chi connectivity index (χ1) is 15.7. The number of nitrogens with one attached hydrogen (secondary N) is 2. The van der Waals surface area contributed by atoms with Crippen LogP contribution in [0.25, 0.3) is 5.70 Å². The van der Waals surface area contributed by atoms with E-state index in [1.807, 2.05) is 18.2 Å². The lowest BCUT2D eigenvalue weighted by molar-refractivity contribution is 0.102. The molecule has 33 heavy (non-hydrogen) atoms. The number of phenolic OH excluding ortho intramolecular Hbond substituents is 1. The van der Waals surface area contributed by atoms with Crippen molar-refractivity contribution in [3.8, 4) is 11.5 Å². The van der Waals surface area contributed by atoms with Crippen LogP contribution in [0.1, 0.15) is 45.7 Å². The van der Waals surface area contributed by atoms with E-state index in [1.54, 1.807) is 49.6 Å². The Morgan fingerprint density at radius 1 is 1.03 bits per heavy atom. The van der Waals surface area contributed by atoms with Crippen LogP contribution < -0.4 is 15.4 Å². The summed E-state index contributed by atoms with van der Waals surface area (Å²) in [4.78, 5) is 25.8. The Morgan fingerprint density at radius 3 is 2.48 bits per heavy atom. The van der Waals surface area contributed by atoms with Gasteiger partial charge in [-0.05, 0) is 74.4 Å². The molecule has 6 heteroatoms. The largest absolute Gasteiger partial charge is 0.508 e. The van der Waals surface area contributed by atoms with Crippen molar-refractivity contribution in [1.82, 2.24) is 5.32 Å². The van der Waals surface area contributed by atoms with Crippen molar-refractivity contribution in [2.45, 2.75) is 25.8 Å². The molecule has 0 spiro atoms. The summed E-state index contributed by atoms with van der Waals surface area (Å²) in [5, 5.41) is 15.6. The molecule has 3 N–H and O–H groups in total. The maximum atomic E-state index is 13.2. The second-order valence-corrected chi connectivity index (χ2v) is 8.71. The molecule has 1 amide bonds. The van der Waals surface area contributed by atoms with Gasteiger partial charge in [0.25, 0.3) is 5.91 Å². The van der Waals surface area contributed by atoms with Crippen LogP contribution in [0.5, 0.6) is 11.5 Å². The number of hydrogen-bond acceptors (Lipinski definition) is 5. The molecule has 0 radical (unpaired) electrons. The number of hydrogen-bond donors (Lipinski definition) is 3. The predicted molar refractivity (Wildman–Crippen MR) is 129 cm³/mol. The highest BCUT2D eigenvalue weighted by molar-refractivity contribution is 6.11. The van der Waals surface area contributed by atoms with E-state index in [2.05, 4.69) is 24.5 Å². The zero-order valence-electron chi connectivity index (χ0n) is 18.8. The van der Waals surface area contributed by atoms with Crippen LogP contribution in [0.2, 0.25) is 0 Å². The monoisotopic (exact) mass is 442 g/mol. The Kier molecular flexibility index (Phi) is 5.92. The van der Waals surface area contributed by atoms with E-state index in [4.69, 9.17) is 4.74 Å². The number of allylic oxidation sites excluding steroid dienone is 1. The lowest BCUT2D eigenvalue weighted by Gasteiger charge is -2.35. The molecule has 0 bridgehead atoms. The molecule has 0 saturated carbocycles. The highest BCUT2D eigenvalue weighted by Crippen LogP contribution is 2.32. The van der Waals surface area contributed by atoms with Crippen LogP contribution >= 0.6 is 0 Å². The van der Waals surface area contributed by atoms with Gasteiger partial charge in [0.05, 0.1) is 7.11 Å². The van der Waals surface area contributed by atoms with Crippen LogP contribution in [-0.2, 0) is 6.42 Å². The molecule has 0 unspecified atom stereocenters. The van der Waals surface area contributed by atoms with Gasteiger partial charge < -0.3 is 20.5 Å². The fraction of sp³-hybridized carbons (Fsp3) is 0.185. The van der Waals surface area contributed by atoms with E-state index in [9.17, 15) is 14.7 Å². The van der Waals surface area contributed by atoms with Gasteiger partial charge in [0.1, 0.15) is 11.5 Å². The Hall–Kier alpha value is -4.06. The molecule has 1 aliphatic rings. The van der Waals surface area contributed by atoms with E-state index in [0.29, 0.717) is 16.8 Å². The van der Waals surface area contributed by atoms with Crippen LogP contribution in [-0.4, -0.2) is 29.4 Å².